The number of ether oxygens (including phenoxy) is 1. The summed E-state index contributed by atoms with van der Waals surface area (Å²) in [5.74, 6) is 0.941. The van der Waals surface area contributed by atoms with Crippen LogP contribution in [0.1, 0.15) is 23.1 Å². The van der Waals surface area contributed by atoms with E-state index in [9.17, 15) is 0 Å². The van der Waals surface area contributed by atoms with Gasteiger partial charge in [0.2, 0.25) is 0 Å². The number of benzene rings is 2. The number of hydrogen-bond acceptors (Lipinski definition) is 2. The topological polar surface area (TPSA) is 12.5 Å². The average Bonchev–Trinajstić information content (AvgIpc) is 2.64. The fraction of sp³-hybridized carbons (Fsp3) is 0.263. The molecule has 0 amide bonds. The van der Waals surface area contributed by atoms with Crippen molar-refractivity contribution in [1.82, 2.24) is 4.90 Å². The van der Waals surface area contributed by atoms with Crippen molar-refractivity contribution >= 4 is 37.4 Å². The summed E-state index contributed by atoms with van der Waals surface area (Å²) in [5, 5.41) is 0. The molecule has 0 spiro atoms. The van der Waals surface area contributed by atoms with Crippen molar-refractivity contribution in [3.8, 4) is 5.75 Å². The van der Waals surface area contributed by atoms with Crippen LogP contribution in [0.5, 0.6) is 5.75 Å². The van der Waals surface area contributed by atoms with Gasteiger partial charge in [-0.25, -0.2) is 0 Å². The van der Waals surface area contributed by atoms with Gasteiger partial charge in [-0.3, -0.25) is 0 Å². The van der Waals surface area contributed by atoms with Gasteiger partial charge in [0.25, 0.3) is 0 Å². The zero-order valence-corrected chi connectivity index (χ0v) is 16.4. The van der Waals surface area contributed by atoms with Gasteiger partial charge in [-0.1, -0.05) is 44.0 Å². The largest absolute Gasteiger partial charge is 0.488 e. The molecule has 1 aliphatic rings. The molecule has 0 aliphatic carbocycles. The van der Waals surface area contributed by atoms with E-state index in [4.69, 9.17) is 4.74 Å². The van der Waals surface area contributed by atoms with Crippen molar-refractivity contribution in [2.75, 3.05) is 20.6 Å². The molecule has 1 aliphatic heterocycles. The van der Waals surface area contributed by atoms with Gasteiger partial charge < -0.3 is 9.64 Å². The first-order chi connectivity index (χ1) is 11.0. The number of halogens is 2. The first-order valence-corrected chi connectivity index (χ1v) is 9.19. The van der Waals surface area contributed by atoms with Gasteiger partial charge in [-0.15, -0.1) is 0 Å². The first-order valence-electron chi connectivity index (χ1n) is 7.61. The van der Waals surface area contributed by atoms with Gasteiger partial charge >= 0.3 is 0 Å². The van der Waals surface area contributed by atoms with Crippen molar-refractivity contribution in [2.45, 2.75) is 13.0 Å². The van der Waals surface area contributed by atoms with Gasteiger partial charge in [0.05, 0.1) is 0 Å². The van der Waals surface area contributed by atoms with E-state index in [1.807, 2.05) is 12.1 Å². The maximum absolute atomic E-state index is 6.04. The summed E-state index contributed by atoms with van der Waals surface area (Å²) in [4.78, 5) is 2.20. The molecule has 0 saturated heterocycles. The standard InChI is InChI=1S/C19H19Br2NO/c1-22(2)9-3-4-16-17-10-14(20)6-5-13(17)12-23-19-8-7-15(21)11-18(16)19/h4-8,10-11H,3,9,12H2,1-2H3/b16-4-. The minimum Gasteiger partial charge on any atom is -0.488 e. The Morgan fingerprint density at radius 2 is 1.74 bits per heavy atom. The monoisotopic (exact) mass is 435 g/mol. The predicted molar refractivity (Wildman–Crippen MR) is 103 cm³/mol. The van der Waals surface area contributed by atoms with Crippen molar-refractivity contribution in [3.05, 3.63) is 68.1 Å². The summed E-state index contributed by atoms with van der Waals surface area (Å²) in [6, 6.07) is 12.6. The third-order valence-corrected chi connectivity index (χ3v) is 4.89. The molecule has 4 heteroatoms. The highest BCUT2D eigenvalue weighted by molar-refractivity contribution is 9.10. The molecule has 0 aromatic heterocycles. The van der Waals surface area contributed by atoms with E-state index in [0.717, 1.165) is 33.2 Å². The molecule has 2 aromatic rings. The maximum Gasteiger partial charge on any atom is 0.127 e. The van der Waals surface area contributed by atoms with Crippen LogP contribution >= 0.6 is 31.9 Å². The van der Waals surface area contributed by atoms with Gasteiger partial charge in [0.15, 0.2) is 0 Å². The Kier molecular flexibility index (Phi) is 5.24. The third-order valence-electron chi connectivity index (χ3n) is 3.90. The molecular formula is C19H19Br2NO. The van der Waals surface area contributed by atoms with Crippen LogP contribution < -0.4 is 4.74 Å². The van der Waals surface area contributed by atoms with E-state index < -0.39 is 0 Å². The van der Waals surface area contributed by atoms with Crippen LogP contribution in [0.25, 0.3) is 5.57 Å². The van der Waals surface area contributed by atoms with Crippen LogP contribution in [0.4, 0.5) is 0 Å². The molecule has 3 rings (SSSR count). The molecule has 0 atom stereocenters. The lowest BCUT2D eigenvalue weighted by atomic mass is 9.93. The fourth-order valence-corrected chi connectivity index (χ4v) is 3.47. The predicted octanol–water partition coefficient (Wildman–Crippen LogP) is 5.49. The Morgan fingerprint density at radius 3 is 2.48 bits per heavy atom. The molecule has 0 saturated carbocycles. The number of nitrogens with zero attached hydrogens (tertiary/aromatic N) is 1. The van der Waals surface area contributed by atoms with Crippen LogP contribution in [0.2, 0.25) is 0 Å². The van der Waals surface area contributed by atoms with Crippen LogP contribution in [0.3, 0.4) is 0 Å². The van der Waals surface area contributed by atoms with E-state index >= 15 is 0 Å². The first kappa shape index (κ1) is 16.7. The minimum absolute atomic E-state index is 0.599. The molecule has 0 unspecified atom stereocenters. The zero-order valence-electron chi connectivity index (χ0n) is 13.3. The highest BCUT2D eigenvalue weighted by Gasteiger charge is 2.19. The Morgan fingerprint density at radius 1 is 1.04 bits per heavy atom. The Bertz CT molecular complexity index is 698. The Hall–Kier alpha value is -1.10. The van der Waals surface area contributed by atoms with Crippen molar-refractivity contribution in [2.24, 2.45) is 0 Å². The summed E-state index contributed by atoms with van der Waals surface area (Å²) < 4.78 is 8.20. The van der Waals surface area contributed by atoms with Gasteiger partial charge in [-0.2, -0.15) is 0 Å². The van der Waals surface area contributed by atoms with Crippen LogP contribution in [0, 0.1) is 0 Å². The van der Waals surface area contributed by atoms with Crippen molar-refractivity contribution in [3.63, 3.8) is 0 Å². The lowest BCUT2D eigenvalue weighted by Crippen LogP contribution is -2.12. The molecule has 23 heavy (non-hydrogen) atoms. The number of hydrogen-bond donors (Lipinski definition) is 0. The lowest BCUT2D eigenvalue weighted by molar-refractivity contribution is 0.307. The van der Waals surface area contributed by atoms with E-state index in [2.05, 4.69) is 81.2 Å². The van der Waals surface area contributed by atoms with Crippen molar-refractivity contribution < 1.29 is 4.74 Å². The summed E-state index contributed by atoms with van der Waals surface area (Å²) in [6.45, 7) is 1.62. The smallest absolute Gasteiger partial charge is 0.127 e. The van der Waals surface area contributed by atoms with E-state index in [1.54, 1.807) is 0 Å². The van der Waals surface area contributed by atoms with E-state index in [-0.39, 0.29) is 0 Å². The Labute approximate surface area is 154 Å². The highest BCUT2D eigenvalue weighted by Crippen LogP contribution is 2.39. The zero-order chi connectivity index (χ0) is 16.4. The van der Waals surface area contributed by atoms with Gasteiger partial charge in [0, 0.05) is 21.1 Å². The minimum atomic E-state index is 0.599. The molecule has 2 aromatic carbocycles. The summed E-state index contributed by atoms with van der Waals surface area (Å²) in [7, 11) is 4.20. The van der Waals surface area contributed by atoms with E-state index in [1.165, 1.54) is 16.7 Å². The van der Waals surface area contributed by atoms with E-state index in [0.29, 0.717) is 6.61 Å². The van der Waals surface area contributed by atoms with Crippen LogP contribution in [0.15, 0.2) is 51.4 Å². The average molecular weight is 437 g/mol. The molecule has 1 heterocycles. The maximum atomic E-state index is 6.04. The third kappa shape index (κ3) is 3.87. The van der Waals surface area contributed by atoms with Gasteiger partial charge in [0.1, 0.15) is 12.4 Å². The number of fused-ring (bicyclic) bond motifs is 2. The molecule has 0 radical (unpaired) electrons. The van der Waals surface area contributed by atoms with Crippen LogP contribution in [-0.4, -0.2) is 25.5 Å². The SMILES string of the molecule is CN(C)CC/C=C1/c2cc(Br)ccc2COc2ccc(Br)cc21. The second-order valence-corrected chi connectivity index (χ2v) is 7.77. The van der Waals surface area contributed by atoms with Gasteiger partial charge in [-0.05, 0) is 67.5 Å². The summed E-state index contributed by atoms with van der Waals surface area (Å²) >= 11 is 7.19. The number of rotatable bonds is 3. The fourth-order valence-electron chi connectivity index (χ4n) is 2.75. The molecule has 120 valence electrons. The Balaban J connectivity index is 2.13. The summed E-state index contributed by atoms with van der Waals surface area (Å²) in [5.41, 5.74) is 4.86. The molecule has 2 nitrogen and oxygen atoms in total. The normalized spacial score (nSPS) is 15.1. The molecular weight excluding hydrogens is 418 g/mol. The lowest BCUT2D eigenvalue weighted by Gasteiger charge is -2.13. The van der Waals surface area contributed by atoms with Crippen LogP contribution in [-0.2, 0) is 6.61 Å². The van der Waals surface area contributed by atoms with Crippen molar-refractivity contribution in [1.29, 1.82) is 0 Å². The second kappa shape index (κ2) is 7.20. The molecule has 0 N–H and O–H groups in total. The quantitative estimate of drug-likeness (QED) is 0.630. The second-order valence-electron chi connectivity index (χ2n) is 5.94. The molecule has 0 bridgehead atoms. The molecule has 0 fully saturated rings. The highest BCUT2D eigenvalue weighted by atomic mass is 79.9. The summed E-state index contributed by atoms with van der Waals surface area (Å²) in [6.07, 6.45) is 3.32.